The van der Waals surface area contributed by atoms with Gasteiger partial charge in [-0.1, -0.05) is 0 Å². The van der Waals surface area contributed by atoms with Crippen LogP contribution < -0.4 is 5.73 Å². The van der Waals surface area contributed by atoms with E-state index in [1.807, 2.05) is 19.1 Å². The summed E-state index contributed by atoms with van der Waals surface area (Å²) in [5.74, 6) is 1.63. The topological polar surface area (TPSA) is 78.3 Å². The molecule has 0 aliphatic carbocycles. The molecule has 2 heterocycles. The smallest absolute Gasteiger partial charge is 0.374 e. The largest absolute Gasteiger partial charge is 0.463 e. The number of pyridine rings is 1. The summed E-state index contributed by atoms with van der Waals surface area (Å²) >= 11 is 1.56. The second kappa shape index (κ2) is 5.79. The zero-order valence-corrected chi connectivity index (χ0v) is 11.5. The number of nitrogens with two attached hydrogens (primary N) is 1. The number of anilines is 1. The molecule has 0 spiro atoms. The van der Waals surface area contributed by atoms with Gasteiger partial charge in [0.2, 0.25) is 5.76 Å². The Balaban J connectivity index is 2.04. The van der Waals surface area contributed by atoms with Crippen molar-refractivity contribution in [2.45, 2.75) is 17.6 Å². The molecule has 2 N–H and O–H groups in total. The Hall–Kier alpha value is -1.95. The van der Waals surface area contributed by atoms with Crippen LogP contribution in [0.15, 0.2) is 33.7 Å². The van der Waals surface area contributed by atoms with Crippen molar-refractivity contribution in [3.63, 3.8) is 0 Å². The zero-order chi connectivity index (χ0) is 13.8. The summed E-state index contributed by atoms with van der Waals surface area (Å²) in [6.07, 6.45) is 1.71. The fourth-order valence-corrected chi connectivity index (χ4v) is 2.29. The molecular weight excluding hydrogens is 264 g/mol. The number of ether oxygens (including phenoxy) is 1. The second-order valence-corrected chi connectivity index (χ2v) is 4.97. The van der Waals surface area contributed by atoms with E-state index in [0.29, 0.717) is 11.6 Å². The number of rotatable bonds is 4. The first-order valence-corrected chi connectivity index (χ1v) is 6.60. The average Bonchev–Trinajstić information content (AvgIpc) is 2.78. The van der Waals surface area contributed by atoms with Gasteiger partial charge in [-0.05, 0) is 25.1 Å². The molecule has 0 aromatic carbocycles. The Kier molecular flexibility index (Phi) is 4.11. The Bertz CT molecular complexity index is 578. The number of nitrogen functional groups attached to an aromatic ring is 1. The number of nitrogens with zero attached hydrogens (tertiary/aromatic N) is 1. The van der Waals surface area contributed by atoms with E-state index in [4.69, 9.17) is 10.2 Å². The second-order valence-electron chi connectivity index (χ2n) is 3.92. The van der Waals surface area contributed by atoms with Crippen molar-refractivity contribution in [1.29, 1.82) is 0 Å². The summed E-state index contributed by atoms with van der Waals surface area (Å²) in [5.41, 5.74) is 6.29. The molecule has 0 saturated heterocycles. The van der Waals surface area contributed by atoms with E-state index in [2.05, 4.69) is 9.72 Å². The molecular formula is C13H14N2O3S. The summed E-state index contributed by atoms with van der Waals surface area (Å²) < 4.78 is 10.1. The van der Waals surface area contributed by atoms with Crippen molar-refractivity contribution in [3.05, 3.63) is 41.5 Å². The molecule has 2 aromatic rings. The molecule has 19 heavy (non-hydrogen) atoms. The Morgan fingerprint density at radius 3 is 2.95 bits per heavy atom. The molecule has 0 atom stereocenters. The van der Waals surface area contributed by atoms with E-state index < -0.39 is 5.97 Å². The molecule has 100 valence electrons. The highest BCUT2D eigenvalue weighted by Gasteiger charge is 2.16. The van der Waals surface area contributed by atoms with Crippen LogP contribution in [0.2, 0.25) is 0 Å². The van der Waals surface area contributed by atoms with E-state index in [1.54, 1.807) is 24.0 Å². The lowest BCUT2D eigenvalue weighted by molar-refractivity contribution is 0.0562. The first kappa shape index (κ1) is 13.5. The number of methoxy groups -OCH3 is 1. The monoisotopic (exact) mass is 278 g/mol. The van der Waals surface area contributed by atoms with Crippen molar-refractivity contribution < 1.29 is 13.9 Å². The third-order valence-corrected chi connectivity index (χ3v) is 3.48. The van der Waals surface area contributed by atoms with Crippen LogP contribution in [-0.4, -0.2) is 18.1 Å². The normalized spacial score (nSPS) is 10.4. The minimum atomic E-state index is -0.456. The molecule has 0 unspecified atom stereocenters. The van der Waals surface area contributed by atoms with Crippen molar-refractivity contribution in [2.24, 2.45) is 0 Å². The summed E-state index contributed by atoms with van der Waals surface area (Å²) in [4.78, 5) is 16.4. The van der Waals surface area contributed by atoms with Gasteiger partial charge in [0.1, 0.15) is 11.6 Å². The van der Waals surface area contributed by atoms with E-state index in [1.165, 1.54) is 7.11 Å². The van der Waals surface area contributed by atoms with Crippen LogP contribution in [0.5, 0.6) is 0 Å². The van der Waals surface area contributed by atoms with Crippen LogP contribution >= 0.6 is 11.8 Å². The Morgan fingerprint density at radius 2 is 2.32 bits per heavy atom. The standard InChI is InChI=1S/C13H14N2O3S/c1-8-5-9(18-12(8)13(16)17-2)7-19-10-3-4-11(14)15-6-10/h3-6H,7H2,1-2H3,(H2,14,15). The Morgan fingerprint density at radius 1 is 1.53 bits per heavy atom. The third-order valence-electron chi connectivity index (χ3n) is 2.48. The molecule has 0 fully saturated rings. The van der Waals surface area contributed by atoms with Crippen molar-refractivity contribution >= 4 is 23.5 Å². The van der Waals surface area contributed by atoms with E-state index in [0.717, 1.165) is 16.2 Å². The number of hydrogen-bond donors (Lipinski definition) is 1. The Labute approximate surface area is 115 Å². The van der Waals surface area contributed by atoms with Gasteiger partial charge in [0, 0.05) is 16.7 Å². The summed E-state index contributed by atoms with van der Waals surface area (Å²) in [7, 11) is 1.33. The van der Waals surface area contributed by atoms with Crippen molar-refractivity contribution in [1.82, 2.24) is 4.98 Å². The molecule has 6 heteroatoms. The first-order valence-electron chi connectivity index (χ1n) is 5.62. The number of carbonyl (C=O) groups excluding carboxylic acids is 1. The molecule has 0 aliphatic heterocycles. The lowest BCUT2D eigenvalue weighted by Crippen LogP contribution is -2.00. The van der Waals surface area contributed by atoms with Gasteiger partial charge in [0.05, 0.1) is 12.9 Å². The predicted octanol–water partition coefficient (Wildman–Crippen LogP) is 2.64. The van der Waals surface area contributed by atoms with Crippen molar-refractivity contribution in [3.8, 4) is 0 Å². The molecule has 0 saturated carbocycles. The number of furan rings is 1. The SMILES string of the molecule is COC(=O)c1oc(CSc2ccc(N)nc2)cc1C. The minimum absolute atomic E-state index is 0.258. The number of aryl methyl sites for hydroxylation is 1. The molecule has 0 amide bonds. The molecule has 0 aliphatic rings. The maximum Gasteiger partial charge on any atom is 0.374 e. The van der Waals surface area contributed by atoms with E-state index >= 15 is 0 Å². The molecule has 2 rings (SSSR count). The summed E-state index contributed by atoms with van der Waals surface area (Å²) in [6, 6.07) is 5.48. The number of esters is 1. The molecule has 0 radical (unpaired) electrons. The van der Waals surface area contributed by atoms with Crippen LogP contribution in [0, 0.1) is 6.92 Å². The van der Waals surface area contributed by atoms with Crippen LogP contribution in [0.3, 0.4) is 0 Å². The van der Waals surface area contributed by atoms with Gasteiger partial charge >= 0.3 is 5.97 Å². The van der Waals surface area contributed by atoms with E-state index in [9.17, 15) is 4.79 Å². The zero-order valence-electron chi connectivity index (χ0n) is 10.7. The maximum atomic E-state index is 11.4. The predicted molar refractivity (Wildman–Crippen MR) is 73.0 cm³/mol. The number of carbonyl (C=O) groups is 1. The fraction of sp³-hybridized carbons (Fsp3) is 0.231. The van der Waals surface area contributed by atoms with Crippen LogP contribution in [0.25, 0.3) is 0 Å². The molecule has 5 nitrogen and oxygen atoms in total. The van der Waals surface area contributed by atoms with Gasteiger partial charge in [0.15, 0.2) is 0 Å². The molecule has 0 bridgehead atoms. The van der Waals surface area contributed by atoms with Gasteiger partial charge in [-0.15, -0.1) is 11.8 Å². The number of hydrogen-bond acceptors (Lipinski definition) is 6. The van der Waals surface area contributed by atoms with Gasteiger partial charge in [-0.25, -0.2) is 9.78 Å². The number of thioether (sulfide) groups is 1. The van der Waals surface area contributed by atoms with Crippen LogP contribution in [-0.2, 0) is 10.5 Å². The highest BCUT2D eigenvalue weighted by Crippen LogP contribution is 2.25. The average molecular weight is 278 g/mol. The first-order chi connectivity index (χ1) is 9.10. The molecule has 2 aromatic heterocycles. The van der Waals surface area contributed by atoms with Crippen LogP contribution in [0.1, 0.15) is 21.9 Å². The lowest BCUT2D eigenvalue weighted by Gasteiger charge is -1.99. The minimum Gasteiger partial charge on any atom is -0.463 e. The summed E-state index contributed by atoms with van der Waals surface area (Å²) in [5, 5.41) is 0. The maximum absolute atomic E-state index is 11.4. The van der Waals surface area contributed by atoms with Gasteiger partial charge in [0.25, 0.3) is 0 Å². The third kappa shape index (κ3) is 3.29. The van der Waals surface area contributed by atoms with Gasteiger partial charge in [-0.3, -0.25) is 0 Å². The number of aromatic nitrogens is 1. The summed E-state index contributed by atoms with van der Waals surface area (Å²) in [6.45, 7) is 1.81. The van der Waals surface area contributed by atoms with E-state index in [-0.39, 0.29) is 5.76 Å². The van der Waals surface area contributed by atoms with Crippen molar-refractivity contribution in [2.75, 3.05) is 12.8 Å². The fourth-order valence-electron chi connectivity index (χ4n) is 1.55. The highest BCUT2D eigenvalue weighted by molar-refractivity contribution is 7.98. The van der Waals surface area contributed by atoms with Gasteiger partial charge < -0.3 is 14.9 Å². The van der Waals surface area contributed by atoms with Gasteiger partial charge in [-0.2, -0.15) is 0 Å². The van der Waals surface area contributed by atoms with Crippen LogP contribution in [0.4, 0.5) is 5.82 Å². The quantitative estimate of drug-likeness (QED) is 0.684. The highest BCUT2D eigenvalue weighted by atomic mass is 32.2. The lowest BCUT2D eigenvalue weighted by atomic mass is 10.3.